The molecule has 3 heterocycles. The monoisotopic (exact) mass is 641 g/mol. The fraction of sp³-hybridized carbons (Fsp3) is 0.0870. The average molecular weight is 642 g/mol. The highest BCUT2D eigenvalue weighted by atomic mass is 15.2. The molecule has 0 amide bonds. The van der Waals surface area contributed by atoms with Crippen molar-refractivity contribution in [2.45, 2.75) is 27.7 Å². The zero-order valence-corrected chi connectivity index (χ0v) is 28.8. The molecule has 50 heavy (non-hydrogen) atoms. The summed E-state index contributed by atoms with van der Waals surface area (Å²) in [4.78, 5) is 5.02. The molecule has 0 saturated carbocycles. The third-order valence-electron chi connectivity index (χ3n) is 10.8. The van der Waals surface area contributed by atoms with E-state index in [-0.39, 0.29) is 6.71 Å². The molecule has 0 radical (unpaired) electrons. The van der Waals surface area contributed by atoms with E-state index >= 15 is 0 Å². The number of para-hydroxylation sites is 3. The zero-order valence-electron chi connectivity index (χ0n) is 28.8. The van der Waals surface area contributed by atoms with Gasteiger partial charge in [0, 0.05) is 50.6 Å². The molecule has 2 aliphatic rings. The molecule has 0 spiro atoms. The standard InChI is InChI=1S/C46H36BN3/c1-29-23-30(2)26-35(25-29)50-42-20-12-19-41-46(42)47(45-32(4)24-31(3)27-44(45)50)38-22-21-34(28-43(38)48(41)33-13-6-5-7-14-33)49-39-17-10-8-15-36(39)37-16-9-11-18-40(37)49/h5-28H,1-4H3. The highest BCUT2D eigenvalue weighted by molar-refractivity contribution is 7.00. The van der Waals surface area contributed by atoms with Crippen molar-refractivity contribution in [3.8, 4) is 5.69 Å². The lowest BCUT2D eigenvalue weighted by atomic mass is 9.32. The van der Waals surface area contributed by atoms with E-state index in [0.29, 0.717) is 0 Å². The van der Waals surface area contributed by atoms with Crippen LogP contribution in [0, 0.1) is 27.7 Å². The van der Waals surface area contributed by atoms with Crippen LogP contribution in [0.2, 0.25) is 0 Å². The number of benzene rings is 7. The molecule has 4 heteroatoms. The number of hydrogen-bond donors (Lipinski definition) is 0. The highest BCUT2D eigenvalue weighted by Gasteiger charge is 2.44. The molecular formula is C46H36BN3. The van der Waals surface area contributed by atoms with Crippen LogP contribution in [0.1, 0.15) is 22.3 Å². The van der Waals surface area contributed by atoms with Crippen LogP contribution in [0.15, 0.2) is 146 Å². The van der Waals surface area contributed by atoms with E-state index in [9.17, 15) is 0 Å². The van der Waals surface area contributed by atoms with Crippen LogP contribution in [-0.2, 0) is 0 Å². The topological polar surface area (TPSA) is 11.4 Å². The number of nitrogens with zero attached hydrogens (tertiary/aromatic N) is 3. The van der Waals surface area contributed by atoms with Crippen LogP contribution >= 0.6 is 0 Å². The van der Waals surface area contributed by atoms with E-state index in [1.807, 2.05) is 0 Å². The van der Waals surface area contributed by atoms with Crippen molar-refractivity contribution in [3.05, 3.63) is 168 Å². The summed E-state index contributed by atoms with van der Waals surface area (Å²) in [5.74, 6) is 0. The molecule has 0 N–H and O–H groups in total. The minimum Gasteiger partial charge on any atom is -0.311 e. The lowest BCUT2D eigenvalue weighted by Crippen LogP contribution is -2.62. The Morgan fingerprint density at radius 2 is 1.00 bits per heavy atom. The predicted molar refractivity (Wildman–Crippen MR) is 214 cm³/mol. The molecule has 8 aromatic rings. The second-order valence-corrected chi connectivity index (χ2v) is 14.1. The summed E-state index contributed by atoms with van der Waals surface area (Å²) in [7, 11) is 0. The van der Waals surface area contributed by atoms with Crippen molar-refractivity contribution in [1.82, 2.24) is 4.57 Å². The summed E-state index contributed by atoms with van der Waals surface area (Å²) < 4.78 is 2.44. The Kier molecular flexibility index (Phi) is 6.23. The Hall–Kier alpha value is -6.00. The molecule has 1 aromatic heterocycles. The number of rotatable bonds is 3. The van der Waals surface area contributed by atoms with Crippen molar-refractivity contribution in [3.63, 3.8) is 0 Å². The maximum Gasteiger partial charge on any atom is 0.252 e. The molecule has 0 fully saturated rings. The van der Waals surface area contributed by atoms with E-state index in [0.717, 1.165) is 11.4 Å². The maximum absolute atomic E-state index is 2.52. The Morgan fingerprint density at radius 1 is 0.400 bits per heavy atom. The van der Waals surface area contributed by atoms with Gasteiger partial charge in [0.25, 0.3) is 6.71 Å². The Balaban J connectivity index is 1.30. The molecule has 0 atom stereocenters. The first-order chi connectivity index (χ1) is 24.5. The molecule has 2 aliphatic heterocycles. The van der Waals surface area contributed by atoms with Crippen LogP contribution in [0.3, 0.4) is 0 Å². The van der Waals surface area contributed by atoms with Gasteiger partial charge in [0.15, 0.2) is 0 Å². The smallest absolute Gasteiger partial charge is 0.252 e. The SMILES string of the molecule is Cc1cc(C)cc(N2c3cc(C)cc(C)c3B3c4ccc(-n5c6ccccc6c6ccccc65)cc4N(c4ccccc4)c4cccc2c43)c1. The third-order valence-corrected chi connectivity index (χ3v) is 10.8. The minimum absolute atomic E-state index is 0.0844. The van der Waals surface area contributed by atoms with Crippen LogP contribution in [0.25, 0.3) is 27.5 Å². The first-order valence-corrected chi connectivity index (χ1v) is 17.6. The molecule has 3 nitrogen and oxygen atoms in total. The Bertz CT molecular complexity index is 2600. The van der Waals surface area contributed by atoms with Gasteiger partial charge < -0.3 is 14.4 Å². The second-order valence-electron chi connectivity index (χ2n) is 14.1. The largest absolute Gasteiger partial charge is 0.311 e. The maximum atomic E-state index is 2.52. The van der Waals surface area contributed by atoms with Crippen LogP contribution in [0.5, 0.6) is 0 Å². The van der Waals surface area contributed by atoms with Crippen molar-refractivity contribution < 1.29 is 0 Å². The van der Waals surface area contributed by atoms with Gasteiger partial charge in [-0.15, -0.1) is 0 Å². The fourth-order valence-electron chi connectivity index (χ4n) is 8.98. The zero-order chi connectivity index (χ0) is 33.7. The summed E-state index contributed by atoms with van der Waals surface area (Å²) in [6, 6.07) is 54.2. The molecule has 0 aliphatic carbocycles. The van der Waals surface area contributed by atoms with Crippen LogP contribution in [0.4, 0.5) is 34.1 Å². The molecular weight excluding hydrogens is 605 g/mol. The van der Waals surface area contributed by atoms with Gasteiger partial charge in [-0.05, 0) is 128 Å². The Labute approximate surface area is 293 Å². The number of aryl methyl sites for hydroxylation is 4. The summed E-state index contributed by atoms with van der Waals surface area (Å²) in [5.41, 5.74) is 20.1. The van der Waals surface area contributed by atoms with E-state index in [4.69, 9.17) is 0 Å². The first-order valence-electron chi connectivity index (χ1n) is 17.6. The van der Waals surface area contributed by atoms with Gasteiger partial charge >= 0.3 is 0 Å². The van der Waals surface area contributed by atoms with Gasteiger partial charge in [-0.3, -0.25) is 0 Å². The van der Waals surface area contributed by atoms with Gasteiger partial charge in [0.2, 0.25) is 0 Å². The van der Waals surface area contributed by atoms with Gasteiger partial charge in [0.05, 0.1) is 11.0 Å². The normalized spacial score (nSPS) is 13.1. The lowest BCUT2D eigenvalue weighted by molar-refractivity contribution is 1.17. The molecule has 0 unspecified atom stereocenters. The number of aromatic nitrogens is 1. The number of hydrogen-bond acceptors (Lipinski definition) is 2. The molecule has 238 valence electrons. The van der Waals surface area contributed by atoms with Crippen LogP contribution < -0.4 is 26.2 Å². The predicted octanol–water partition coefficient (Wildman–Crippen LogP) is 10.1. The quantitative estimate of drug-likeness (QED) is 0.178. The van der Waals surface area contributed by atoms with Crippen molar-refractivity contribution in [2.24, 2.45) is 0 Å². The van der Waals surface area contributed by atoms with E-state index in [1.54, 1.807) is 0 Å². The average Bonchev–Trinajstić information content (AvgIpc) is 3.45. The van der Waals surface area contributed by atoms with Crippen molar-refractivity contribution in [2.75, 3.05) is 9.80 Å². The third kappa shape index (κ3) is 4.12. The number of anilines is 6. The summed E-state index contributed by atoms with van der Waals surface area (Å²) >= 11 is 0. The molecule has 0 bridgehead atoms. The summed E-state index contributed by atoms with van der Waals surface area (Å²) in [6.07, 6.45) is 0. The molecule has 0 saturated heterocycles. The highest BCUT2D eigenvalue weighted by Crippen LogP contribution is 2.45. The van der Waals surface area contributed by atoms with E-state index in [1.165, 1.54) is 88.9 Å². The van der Waals surface area contributed by atoms with Gasteiger partial charge in [-0.1, -0.05) is 84.4 Å². The van der Waals surface area contributed by atoms with Crippen LogP contribution in [-0.4, -0.2) is 11.3 Å². The van der Waals surface area contributed by atoms with Crippen molar-refractivity contribution in [1.29, 1.82) is 0 Å². The summed E-state index contributed by atoms with van der Waals surface area (Å²) in [6.45, 7) is 9.02. The second kappa shape index (κ2) is 10.8. The van der Waals surface area contributed by atoms with Crippen molar-refractivity contribution >= 4 is 79.0 Å². The van der Waals surface area contributed by atoms with E-state index < -0.39 is 0 Å². The number of fused-ring (bicyclic) bond motifs is 7. The van der Waals surface area contributed by atoms with E-state index in [2.05, 4.69) is 188 Å². The molecule has 10 rings (SSSR count). The van der Waals surface area contributed by atoms with Gasteiger partial charge in [-0.25, -0.2) is 0 Å². The van der Waals surface area contributed by atoms with Gasteiger partial charge in [-0.2, -0.15) is 0 Å². The Morgan fingerprint density at radius 3 is 1.68 bits per heavy atom. The minimum atomic E-state index is 0.0844. The first kappa shape index (κ1) is 29.0. The lowest BCUT2D eigenvalue weighted by Gasteiger charge is -2.45. The fourth-order valence-corrected chi connectivity index (χ4v) is 8.98. The molecule has 7 aromatic carbocycles. The van der Waals surface area contributed by atoms with Gasteiger partial charge in [0.1, 0.15) is 0 Å². The summed E-state index contributed by atoms with van der Waals surface area (Å²) in [5, 5.41) is 2.55.